The van der Waals surface area contributed by atoms with Crippen LogP contribution in [0.15, 0.2) is 0 Å². The third-order valence-corrected chi connectivity index (χ3v) is 11.2. The van der Waals surface area contributed by atoms with Gasteiger partial charge in [-0.3, -0.25) is 0 Å². The summed E-state index contributed by atoms with van der Waals surface area (Å²) in [4.78, 5) is 0. The minimum atomic E-state index is -1.98. The van der Waals surface area contributed by atoms with Crippen LogP contribution in [0.4, 0.5) is 0 Å². The first-order valence-corrected chi connectivity index (χ1v) is 9.29. The molecule has 0 aromatic rings. The van der Waals surface area contributed by atoms with E-state index in [1.807, 2.05) is 0 Å². The van der Waals surface area contributed by atoms with Gasteiger partial charge in [0.05, 0.1) is 0 Å². The lowest BCUT2D eigenvalue weighted by Crippen LogP contribution is -2.61. The summed E-state index contributed by atoms with van der Waals surface area (Å²) in [7, 11) is -1.98. The monoisotopic (exact) mass is 272 g/mol. The van der Waals surface area contributed by atoms with E-state index in [4.69, 9.17) is 4.43 Å². The summed E-state index contributed by atoms with van der Waals surface area (Å²) in [6.07, 6.45) is 1.45. The Kier molecular flexibility index (Phi) is 5.33. The highest BCUT2D eigenvalue weighted by Gasteiger charge is 2.62. The Bertz CT molecular complexity index is 226. The van der Waals surface area contributed by atoms with Gasteiger partial charge in [-0.15, -0.1) is 0 Å². The molecule has 0 heterocycles. The predicted octanol–water partition coefficient (Wildman–Crippen LogP) is 6.15. The molecule has 0 amide bonds. The van der Waals surface area contributed by atoms with E-state index >= 15 is 0 Å². The molecule has 0 aromatic carbocycles. The van der Waals surface area contributed by atoms with Crippen LogP contribution in [0.5, 0.6) is 0 Å². The van der Waals surface area contributed by atoms with Crippen molar-refractivity contribution in [1.29, 1.82) is 0 Å². The Morgan fingerprint density at radius 1 is 0.778 bits per heavy atom. The zero-order valence-electron chi connectivity index (χ0n) is 14.7. The van der Waals surface area contributed by atoms with Gasteiger partial charge < -0.3 is 4.43 Å². The molecule has 1 unspecified atom stereocenters. The van der Waals surface area contributed by atoms with Gasteiger partial charge in [-0.25, -0.2) is 0 Å². The maximum Gasteiger partial charge on any atom is 0.208 e. The zero-order chi connectivity index (χ0) is 15.0. The summed E-state index contributed by atoms with van der Waals surface area (Å²) in [6.45, 7) is 25.8. The Hall–Kier alpha value is 0.177. The van der Waals surface area contributed by atoms with Crippen LogP contribution in [-0.2, 0) is 4.43 Å². The fourth-order valence-corrected chi connectivity index (χ4v) is 12.9. The van der Waals surface area contributed by atoms with Gasteiger partial charge >= 0.3 is 0 Å². The molecule has 110 valence electrons. The van der Waals surface area contributed by atoms with Crippen LogP contribution in [0.25, 0.3) is 0 Å². The standard InChI is InChI=1S/C16H36OSi/c1-12-13(2)17-18(14(3,4)5,15(6,7)8)16(9,10)11/h13H,12H2,1-11H3. The minimum absolute atomic E-state index is 0.229. The zero-order valence-corrected chi connectivity index (χ0v) is 15.7. The molecule has 0 aliphatic carbocycles. The molecule has 0 aliphatic rings. The topological polar surface area (TPSA) is 9.23 Å². The first-order valence-electron chi connectivity index (χ1n) is 7.38. The van der Waals surface area contributed by atoms with Gasteiger partial charge in [0.2, 0.25) is 8.32 Å². The van der Waals surface area contributed by atoms with Gasteiger partial charge in [0.25, 0.3) is 0 Å². The van der Waals surface area contributed by atoms with Gasteiger partial charge in [0.1, 0.15) is 0 Å². The van der Waals surface area contributed by atoms with E-state index in [0.29, 0.717) is 6.10 Å². The van der Waals surface area contributed by atoms with Crippen LogP contribution in [0.2, 0.25) is 15.1 Å². The van der Waals surface area contributed by atoms with Crippen molar-refractivity contribution < 1.29 is 4.43 Å². The Labute approximate surface area is 117 Å². The maximum atomic E-state index is 6.82. The molecule has 1 nitrogen and oxygen atoms in total. The molecule has 0 bridgehead atoms. The smallest absolute Gasteiger partial charge is 0.208 e. The summed E-state index contributed by atoms with van der Waals surface area (Å²) < 4.78 is 6.82. The molecule has 0 rings (SSSR count). The lowest BCUT2D eigenvalue weighted by molar-refractivity contribution is 0.159. The normalized spacial score (nSPS) is 16.8. The van der Waals surface area contributed by atoms with Crippen molar-refractivity contribution in [2.45, 2.75) is 104 Å². The third-order valence-electron chi connectivity index (χ3n) is 4.12. The van der Waals surface area contributed by atoms with Crippen molar-refractivity contribution >= 4 is 8.32 Å². The lowest BCUT2D eigenvalue weighted by Gasteiger charge is -2.58. The third kappa shape index (κ3) is 3.19. The van der Waals surface area contributed by atoms with E-state index < -0.39 is 8.32 Å². The fourth-order valence-electron chi connectivity index (χ4n) is 4.29. The van der Waals surface area contributed by atoms with Crippen molar-refractivity contribution in [1.82, 2.24) is 0 Å². The molecule has 0 spiro atoms. The van der Waals surface area contributed by atoms with Gasteiger partial charge in [0, 0.05) is 6.10 Å². The predicted molar refractivity (Wildman–Crippen MR) is 85.7 cm³/mol. The van der Waals surface area contributed by atoms with E-state index in [-0.39, 0.29) is 15.1 Å². The summed E-state index contributed by atoms with van der Waals surface area (Å²) in [5.74, 6) is 0. The summed E-state index contributed by atoms with van der Waals surface area (Å²) in [5, 5.41) is 0.687. The molecule has 0 radical (unpaired) electrons. The van der Waals surface area contributed by atoms with E-state index in [9.17, 15) is 0 Å². The van der Waals surface area contributed by atoms with E-state index in [0.717, 1.165) is 6.42 Å². The highest BCUT2D eigenvalue weighted by Crippen LogP contribution is 2.62. The van der Waals surface area contributed by atoms with Crippen LogP contribution >= 0.6 is 0 Å². The first-order chi connectivity index (χ1) is 7.70. The second kappa shape index (κ2) is 5.28. The van der Waals surface area contributed by atoms with E-state index in [1.54, 1.807) is 0 Å². The number of hydrogen-bond donors (Lipinski definition) is 0. The molecule has 0 N–H and O–H groups in total. The van der Waals surface area contributed by atoms with Crippen LogP contribution in [-0.4, -0.2) is 14.4 Å². The molecular weight excluding hydrogens is 236 g/mol. The van der Waals surface area contributed by atoms with E-state index in [2.05, 4.69) is 76.2 Å². The molecule has 0 aromatic heterocycles. The minimum Gasteiger partial charge on any atom is -0.413 e. The molecule has 0 saturated carbocycles. The fraction of sp³-hybridized carbons (Fsp3) is 1.00. The highest BCUT2D eigenvalue weighted by molar-refractivity contribution is 6.82. The highest BCUT2D eigenvalue weighted by atomic mass is 28.4. The Balaban J connectivity index is 5.92. The quantitative estimate of drug-likeness (QED) is 0.560. The average Bonchev–Trinajstić information content (AvgIpc) is 2.07. The van der Waals surface area contributed by atoms with Crippen LogP contribution in [0.3, 0.4) is 0 Å². The molecular formula is C16H36OSi. The van der Waals surface area contributed by atoms with Crippen molar-refractivity contribution in [3.05, 3.63) is 0 Å². The molecule has 2 heteroatoms. The van der Waals surface area contributed by atoms with E-state index in [1.165, 1.54) is 0 Å². The van der Waals surface area contributed by atoms with Gasteiger partial charge in [-0.05, 0) is 28.5 Å². The van der Waals surface area contributed by atoms with Crippen LogP contribution in [0.1, 0.15) is 82.6 Å². The van der Waals surface area contributed by atoms with Crippen molar-refractivity contribution in [2.24, 2.45) is 0 Å². The first kappa shape index (κ1) is 18.2. The second-order valence-electron chi connectivity index (χ2n) is 8.77. The molecule has 0 fully saturated rings. The Morgan fingerprint density at radius 3 is 1.22 bits per heavy atom. The lowest BCUT2D eigenvalue weighted by atomic mass is 10.2. The van der Waals surface area contributed by atoms with Crippen molar-refractivity contribution in [2.75, 3.05) is 0 Å². The maximum absolute atomic E-state index is 6.82. The summed E-state index contributed by atoms with van der Waals surface area (Å²) >= 11 is 0. The van der Waals surface area contributed by atoms with Crippen LogP contribution < -0.4 is 0 Å². The molecule has 1 atom stereocenters. The molecule has 18 heavy (non-hydrogen) atoms. The largest absolute Gasteiger partial charge is 0.413 e. The van der Waals surface area contributed by atoms with Crippen molar-refractivity contribution in [3.8, 4) is 0 Å². The summed E-state index contributed by atoms with van der Waals surface area (Å²) in [6, 6.07) is 0. The van der Waals surface area contributed by atoms with Gasteiger partial charge in [-0.1, -0.05) is 69.2 Å². The molecule has 0 aliphatic heterocycles. The average molecular weight is 273 g/mol. The summed E-state index contributed by atoms with van der Waals surface area (Å²) in [5.41, 5.74) is 0. The Morgan fingerprint density at radius 2 is 1.06 bits per heavy atom. The van der Waals surface area contributed by atoms with Gasteiger partial charge in [-0.2, -0.15) is 0 Å². The van der Waals surface area contributed by atoms with Crippen molar-refractivity contribution in [3.63, 3.8) is 0 Å². The second-order valence-corrected chi connectivity index (χ2v) is 14.9. The number of rotatable bonds is 3. The number of hydrogen-bond acceptors (Lipinski definition) is 1. The SMILES string of the molecule is CCC(C)O[Si](C(C)(C)C)(C(C)(C)C)C(C)(C)C. The van der Waals surface area contributed by atoms with Crippen LogP contribution in [0, 0.1) is 0 Å². The molecule has 0 saturated heterocycles. The van der Waals surface area contributed by atoms with Gasteiger partial charge in [0.15, 0.2) is 0 Å².